The summed E-state index contributed by atoms with van der Waals surface area (Å²) in [7, 11) is 0. The number of halogens is 1. The van der Waals surface area contributed by atoms with Crippen molar-refractivity contribution in [2.24, 2.45) is 21.5 Å². The average Bonchev–Trinajstić information content (AvgIpc) is 2.70. The Kier molecular flexibility index (Phi) is 6.57. The number of quaternary nitrogens is 1. The summed E-state index contributed by atoms with van der Waals surface area (Å²) < 4.78 is 19.4. The van der Waals surface area contributed by atoms with Crippen molar-refractivity contribution in [2.45, 2.75) is 13.3 Å². The second kappa shape index (κ2) is 9.29. The fourth-order valence-corrected chi connectivity index (χ4v) is 2.95. The van der Waals surface area contributed by atoms with E-state index in [1.165, 1.54) is 11.4 Å². The molecule has 1 fully saturated rings. The summed E-state index contributed by atoms with van der Waals surface area (Å²) in [6.07, 6.45) is 0.769. The molecule has 2 aromatic carbocycles. The standard InChI is InChI=1S/C20H25FN6O/c1-2-14-3-8-18(17(21)13-14)25-20(23)26-19(22)24-15-4-6-16(7-5-15)27-9-11-28-12-10-27/h3-8,13H,2,9-12H2,1H3,(H5,22,23,24,25,26)/p+1. The van der Waals surface area contributed by atoms with Crippen LogP contribution in [0.15, 0.2) is 52.4 Å². The first-order valence-corrected chi connectivity index (χ1v) is 9.29. The maximum atomic E-state index is 14.1. The van der Waals surface area contributed by atoms with Crippen LogP contribution in [0.1, 0.15) is 12.5 Å². The number of nitrogens with two attached hydrogens (primary N) is 3. The lowest BCUT2D eigenvalue weighted by molar-refractivity contribution is -0.448. The third-order valence-corrected chi connectivity index (χ3v) is 4.49. The van der Waals surface area contributed by atoms with Crippen LogP contribution in [-0.4, -0.2) is 38.2 Å². The quantitative estimate of drug-likeness (QED) is 0.420. The summed E-state index contributed by atoms with van der Waals surface area (Å²) in [6, 6.07) is 12.7. The SMILES string of the molecule is CCc1ccc([NH2+]C(N)=NC(N)=Nc2ccc(N3CCOCC3)cc2)c(F)c1. The Hall–Kier alpha value is -2.97. The second-order valence-corrected chi connectivity index (χ2v) is 6.48. The molecule has 1 saturated heterocycles. The molecule has 0 radical (unpaired) electrons. The van der Waals surface area contributed by atoms with E-state index in [1.54, 1.807) is 6.07 Å². The highest BCUT2D eigenvalue weighted by atomic mass is 19.1. The number of rotatable bonds is 4. The highest BCUT2D eigenvalue weighted by Gasteiger charge is 2.11. The molecule has 1 aliphatic heterocycles. The van der Waals surface area contributed by atoms with E-state index >= 15 is 0 Å². The van der Waals surface area contributed by atoms with Crippen molar-refractivity contribution in [2.75, 3.05) is 31.2 Å². The molecule has 148 valence electrons. The zero-order valence-electron chi connectivity index (χ0n) is 15.9. The van der Waals surface area contributed by atoms with E-state index in [9.17, 15) is 4.39 Å². The number of hydrogen-bond donors (Lipinski definition) is 3. The van der Waals surface area contributed by atoms with Crippen molar-refractivity contribution in [1.82, 2.24) is 0 Å². The summed E-state index contributed by atoms with van der Waals surface area (Å²) in [4.78, 5) is 10.5. The van der Waals surface area contributed by atoms with E-state index in [-0.39, 0.29) is 17.7 Å². The summed E-state index contributed by atoms with van der Waals surface area (Å²) in [5.74, 6) is -0.237. The molecule has 0 aromatic heterocycles. The predicted molar refractivity (Wildman–Crippen MR) is 110 cm³/mol. The first kappa shape index (κ1) is 19.8. The van der Waals surface area contributed by atoms with Crippen molar-refractivity contribution >= 4 is 29.0 Å². The zero-order chi connectivity index (χ0) is 19.9. The molecular formula is C20H26FN6O+. The minimum absolute atomic E-state index is 0.0125. The molecule has 0 aliphatic carbocycles. The molecule has 1 aliphatic rings. The zero-order valence-corrected chi connectivity index (χ0v) is 15.9. The summed E-state index contributed by atoms with van der Waals surface area (Å²) in [6.45, 7) is 5.19. The summed E-state index contributed by atoms with van der Waals surface area (Å²) >= 11 is 0. The third-order valence-electron chi connectivity index (χ3n) is 4.49. The topological polar surface area (TPSA) is 106 Å². The Labute approximate surface area is 163 Å². The molecule has 0 amide bonds. The molecule has 3 rings (SSSR count). The fraction of sp³-hybridized carbons (Fsp3) is 0.300. The molecule has 7 nitrogen and oxygen atoms in total. The second-order valence-electron chi connectivity index (χ2n) is 6.48. The lowest BCUT2D eigenvalue weighted by Crippen LogP contribution is -2.85. The van der Waals surface area contributed by atoms with Crippen LogP contribution in [0.3, 0.4) is 0 Å². The van der Waals surface area contributed by atoms with Crippen LogP contribution in [0.25, 0.3) is 0 Å². The summed E-state index contributed by atoms with van der Waals surface area (Å²) in [5, 5.41) is 1.44. The number of hydrogen-bond acceptors (Lipinski definition) is 3. The van der Waals surface area contributed by atoms with Gasteiger partial charge in [0, 0.05) is 24.8 Å². The fourth-order valence-electron chi connectivity index (χ4n) is 2.95. The van der Waals surface area contributed by atoms with Gasteiger partial charge in [-0.25, -0.2) is 14.7 Å². The number of aliphatic imine (C=N–C) groups is 2. The summed E-state index contributed by atoms with van der Waals surface area (Å²) in [5.41, 5.74) is 14.8. The van der Waals surface area contributed by atoms with Gasteiger partial charge in [-0.1, -0.05) is 13.0 Å². The Morgan fingerprint density at radius 3 is 2.50 bits per heavy atom. The molecule has 2 aromatic rings. The molecule has 28 heavy (non-hydrogen) atoms. The van der Waals surface area contributed by atoms with Crippen molar-refractivity contribution < 1.29 is 14.4 Å². The Balaban J connectivity index is 1.65. The number of nitrogens with zero attached hydrogens (tertiary/aromatic N) is 3. The first-order valence-electron chi connectivity index (χ1n) is 9.29. The number of ether oxygens (including phenoxy) is 1. The maximum absolute atomic E-state index is 14.1. The highest BCUT2D eigenvalue weighted by Crippen LogP contribution is 2.20. The number of guanidine groups is 2. The van der Waals surface area contributed by atoms with Gasteiger partial charge in [0.15, 0.2) is 11.5 Å². The molecule has 8 heteroatoms. The van der Waals surface area contributed by atoms with E-state index in [1.807, 2.05) is 37.3 Å². The van der Waals surface area contributed by atoms with Gasteiger partial charge in [0.2, 0.25) is 5.96 Å². The van der Waals surface area contributed by atoms with Gasteiger partial charge < -0.3 is 21.1 Å². The van der Waals surface area contributed by atoms with Gasteiger partial charge in [0.25, 0.3) is 0 Å². The lowest BCUT2D eigenvalue weighted by Gasteiger charge is -2.28. The van der Waals surface area contributed by atoms with E-state index in [0.29, 0.717) is 11.4 Å². The number of anilines is 1. The molecule has 6 N–H and O–H groups in total. The highest BCUT2D eigenvalue weighted by molar-refractivity contribution is 5.91. The van der Waals surface area contributed by atoms with Crippen LogP contribution in [0, 0.1) is 5.82 Å². The van der Waals surface area contributed by atoms with Gasteiger partial charge in [-0.15, -0.1) is 4.99 Å². The van der Waals surface area contributed by atoms with E-state index in [4.69, 9.17) is 16.2 Å². The number of benzene rings is 2. The van der Waals surface area contributed by atoms with E-state index in [2.05, 4.69) is 14.9 Å². The van der Waals surface area contributed by atoms with Crippen LogP contribution in [-0.2, 0) is 11.2 Å². The Morgan fingerprint density at radius 2 is 1.86 bits per heavy atom. The predicted octanol–water partition coefficient (Wildman–Crippen LogP) is 1.38. The molecule has 0 bridgehead atoms. The van der Waals surface area contributed by atoms with Gasteiger partial charge >= 0.3 is 5.96 Å². The normalized spacial score (nSPS) is 15.7. The van der Waals surface area contributed by atoms with Gasteiger partial charge in [-0.2, -0.15) is 0 Å². The Morgan fingerprint density at radius 1 is 1.14 bits per heavy atom. The minimum atomic E-state index is -0.341. The van der Waals surface area contributed by atoms with Crippen molar-refractivity contribution in [3.05, 3.63) is 53.8 Å². The smallest absolute Gasteiger partial charge is 0.304 e. The molecular weight excluding hydrogens is 359 g/mol. The Bertz CT molecular complexity index is 859. The minimum Gasteiger partial charge on any atom is -0.378 e. The largest absolute Gasteiger partial charge is 0.378 e. The lowest BCUT2D eigenvalue weighted by atomic mass is 10.1. The van der Waals surface area contributed by atoms with Crippen molar-refractivity contribution in [1.29, 1.82) is 0 Å². The van der Waals surface area contributed by atoms with Crippen molar-refractivity contribution in [3.8, 4) is 0 Å². The van der Waals surface area contributed by atoms with Crippen molar-refractivity contribution in [3.63, 3.8) is 0 Å². The van der Waals surface area contributed by atoms with Crippen LogP contribution >= 0.6 is 0 Å². The molecule has 0 atom stereocenters. The average molecular weight is 385 g/mol. The molecule has 1 heterocycles. The van der Waals surface area contributed by atoms with Crippen LogP contribution in [0.4, 0.5) is 21.5 Å². The first-order chi connectivity index (χ1) is 13.5. The number of morpholine rings is 1. The van der Waals surface area contributed by atoms with Gasteiger partial charge in [-0.3, -0.25) is 0 Å². The van der Waals surface area contributed by atoms with Gasteiger partial charge in [-0.05, 0) is 42.3 Å². The van der Waals surface area contributed by atoms with Gasteiger partial charge in [0.1, 0.15) is 0 Å². The van der Waals surface area contributed by atoms with E-state index in [0.717, 1.165) is 44.0 Å². The third kappa shape index (κ3) is 5.28. The number of aryl methyl sites for hydroxylation is 1. The maximum Gasteiger partial charge on any atom is 0.304 e. The van der Waals surface area contributed by atoms with Crippen LogP contribution in [0.5, 0.6) is 0 Å². The molecule has 0 unspecified atom stereocenters. The van der Waals surface area contributed by atoms with Crippen LogP contribution < -0.4 is 21.7 Å². The monoisotopic (exact) mass is 385 g/mol. The van der Waals surface area contributed by atoms with Crippen LogP contribution in [0.2, 0.25) is 0 Å². The van der Waals surface area contributed by atoms with Gasteiger partial charge in [0.05, 0.1) is 18.9 Å². The van der Waals surface area contributed by atoms with E-state index < -0.39 is 0 Å². The molecule has 0 spiro atoms. The molecule has 0 saturated carbocycles.